The minimum atomic E-state index is -0.389. The second-order valence-corrected chi connectivity index (χ2v) is 6.00. The highest BCUT2D eigenvalue weighted by Crippen LogP contribution is 2.34. The lowest BCUT2D eigenvalue weighted by atomic mass is 10.1. The summed E-state index contributed by atoms with van der Waals surface area (Å²) in [6.07, 6.45) is 7.94. The van der Waals surface area contributed by atoms with Gasteiger partial charge in [-0.2, -0.15) is 4.98 Å². The van der Waals surface area contributed by atoms with E-state index in [4.69, 9.17) is 4.52 Å². The standard InChI is InChI=1S/C19H13FN8O/c20-13-3-1-2-4-15(13)28-17(12-5-7-21-8-6-12)16(25-27-28)19-24-18(26-29-19)14-11-22-9-10-23-14/h1-11,25,27H. The first-order valence-corrected chi connectivity index (χ1v) is 8.63. The molecule has 0 aliphatic carbocycles. The van der Waals surface area contributed by atoms with Crippen LogP contribution in [0.1, 0.15) is 11.5 Å². The molecule has 1 aromatic carbocycles. The van der Waals surface area contributed by atoms with Crippen LogP contribution in [0.15, 0.2) is 71.9 Å². The van der Waals surface area contributed by atoms with Crippen molar-refractivity contribution in [2.45, 2.75) is 0 Å². The zero-order valence-electron chi connectivity index (χ0n) is 14.8. The van der Waals surface area contributed by atoms with Gasteiger partial charge in [0.1, 0.15) is 17.2 Å². The van der Waals surface area contributed by atoms with Gasteiger partial charge in [-0.15, -0.1) is 5.53 Å². The van der Waals surface area contributed by atoms with Gasteiger partial charge in [-0.3, -0.25) is 20.4 Å². The maximum absolute atomic E-state index is 14.5. The minimum Gasteiger partial charge on any atom is -0.332 e. The molecule has 5 rings (SSSR count). The molecule has 0 saturated heterocycles. The van der Waals surface area contributed by atoms with Crippen molar-refractivity contribution in [2.75, 3.05) is 5.01 Å². The van der Waals surface area contributed by atoms with Crippen molar-refractivity contribution in [2.24, 2.45) is 0 Å². The maximum Gasteiger partial charge on any atom is 0.278 e. The molecule has 1 aliphatic rings. The highest BCUT2D eigenvalue weighted by molar-refractivity contribution is 5.96. The van der Waals surface area contributed by atoms with Gasteiger partial charge in [0.25, 0.3) is 5.89 Å². The second kappa shape index (κ2) is 7.09. The number of aromatic nitrogens is 5. The Balaban J connectivity index is 1.64. The third-order valence-electron chi connectivity index (χ3n) is 4.23. The Morgan fingerprint density at radius 1 is 0.966 bits per heavy atom. The molecular weight excluding hydrogens is 375 g/mol. The molecule has 4 heterocycles. The molecule has 0 radical (unpaired) electrons. The van der Waals surface area contributed by atoms with E-state index >= 15 is 0 Å². The normalized spacial score (nSPS) is 13.6. The van der Waals surface area contributed by atoms with Crippen molar-refractivity contribution < 1.29 is 8.91 Å². The number of nitrogens with zero attached hydrogens (tertiary/aromatic N) is 6. The Labute approximate surface area is 163 Å². The molecule has 10 heteroatoms. The monoisotopic (exact) mass is 388 g/mol. The summed E-state index contributed by atoms with van der Waals surface area (Å²) in [6.45, 7) is 0. The molecule has 0 unspecified atom stereocenters. The number of para-hydroxylation sites is 1. The van der Waals surface area contributed by atoms with Crippen molar-refractivity contribution >= 4 is 17.1 Å². The SMILES string of the molecule is Fc1ccccc1N1NNC(c2nc(-c3cnccn3)no2)=C1c1ccncc1. The molecule has 4 aromatic rings. The number of hydrogen-bond donors (Lipinski definition) is 2. The Morgan fingerprint density at radius 2 is 1.83 bits per heavy atom. The third-order valence-corrected chi connectivity index (χ3v) is 4.23. The van der Waals surface area contributed by atoms with Crippen LogP contribution in [-0.4, -0.2) is 25.1 Å². The van der Waals surface area contributed by atoms with E-state index in [9.17, 15) is 4.39 Å². The van der Waals surface area contributed by atoms with E-state index in [1.807, 2.05) is 0 Å². The van der Waals surface area contributed by atoms with Crippen LogP contribution < -0.4 is 16.0 Å². The van der Waals surface area contributed by atoms with Crippen LogP contribution >= 0.6 is 0 Å². The number of hydrazine groups is 2. The molecule has 3 aromatic heterocycles. The lowest BCUT2D eigenvalue weighted by Crippen LogP contribution is -2.38. The first-order valence-electron chi connectivity index (χ1n) is 8.63. The van der Waals surface area contributed by atoms with Crippen LogP contribution in [0, 0.1) is 5.82 Å². The summed E-state index contributed by atoms with van der Waals surface area (Å²) in [5, 5.41) is 5.55. The van der Waals surface area contributed by atoms with Gasteiger partial charge in [-0.05, 0) is 24.3 Å². The summed E-state index contributed by atoms with van der Waals surface area (Å²) >= 11 is 0. The molecule has 0 spiro atoms. The van der Waals surface area contributed by atoms with E-state index < -0.39 is 0 Å². The van der Waals surface area contributed by atoms with Crippen molar-refractivity contribution in [3.63, 3.8) is 0 Å². The topological polar surface area (TPSA) is 105 Å². The molecule has 1 aliphatic heterocycles. The van der Waals surface area contributed by atoms with Crippen molar-refractivity contribution in [3.8, 4) is 11.5 Å². The number of halogens is 1. The van der Waals surface area contributed by atoms with E-state index in [-0.39, 0.29) is 11.7 Å². The van der Waals surface area contributed by atoms with Gasteiger partial charge in [0, 0.05) is 30.4 Å². The molecular formula is C19H13FN8O. The molecule has 0 bridgehead atoms. The van der Waals surface area contributed by atoms with Gasteiger partial charge in [-0.1, -0.05) is 17.3 Å². The van der Waals surface area contributed by atoms with Crippen LogP contribution in [-0.2, 0) is 0 Å². The number of hydrogen-bond acceptors (Lipinski definition) is 9. The summed E-state index contributed by atoms with van der Waals surface area (Å²) in [7, 11) is 0. The lowest BCUT2D eigenvalue weighted by molar-refractivity contribution is 0.405. The number of benzene rings is 1. The predicted octanol–water partition coefficient (Wildman–Crippen LogP) is 2.42. The Morgan fingerprint density at radius 3 is 2.62 bits per heavy atom. The molecule has 2 N–H and O–H groups in total. The first-order chi connectivity index (χ1) is 14.3. The van der Waals surface area contributed by atoms with E-state index in [0.29, 0.717) is 28.6 Å². The highest BCUT2D eigenvalue weighted by atomic mass is 19.1. The minimum absolute atomic E-state index is 0.212. The van der Waals surface area contributed by atoms with Crippen LogP contribution in [0.25, 0.3) is 22.9 Å². The fraction of sp³-hybridized carbons (Fsp3) is 0. The van der Waals surface area contributed by atoms with Gasteiger partial charge in [0.2, 0.25) is 5.82 Å². The Kier molecular flexibility index (Phi) is 4.15. The van der Waals surface area contributed by atoms with E-state index in [1.165, 1.54) is 6.07 Å². The molecule has 0 saturated carbocycles. The molecule has 0 atom stereocenters. The van der Waals surface area contributed by atoms with Crippen molar-refractivity contribution in [3.05, 3.63) is 84.7 Å². The molecule has 29 heavy (non-hydrogen) atoms. The predicted molar refractivity (Wildman–Crippen MR) is 102 cm³/mol. The van der Waals surface area contributed by atoms with Crippen LogP contribution in [0.2, 0.25) is 0 Å². The summed E-state index contributed by atoms with van der Waals surface area (Å²) in [6, 6.07) is 10.0. The van der Waals surface area contributed by atoms with Gasteiger partial charge >= 0.3 is 0 Å². The number of pyridine rings is 1. The first kappa shape index (κ1) is 17.0. The zero-order valence-corrected chi connectivity index (χ0v) is 14.8. The van der Waals surface area contributed by atoms with E-state index in [2.05, 4.69) is 36.1 Å². The number of rotatable bonds is 4. The third kappa shape index (κ3) is 3.07. The van der Waals surface area contributed by atoms with E-state index in [0.717, 1.165) is 5.56 Å². The maximum atomic E-state index is 14.5. The largest absolute Gasteiger partial charge is 0.332 e. The van der Waals surface area contributed by atoms with Crippen molar-refractivity contribution in [1.82, 2.24) is 36.1 Å². The average molecular weight is 388 g/mol. The average Bonchev–Trinajstić information content (AvgIpc) is 3.43. The van der Waals surface area contributed by atoms with Crippen LogP contribution in [0.3, 0.4) is 0 Å². The Hall–Kier alpha value is -4.18. The zero-order chi connectivity index (χ0) is 19.6. The summed E-state index contributed by atoms with van der Waals surface area (Å²) in [4.78, 5) is 16.6. The fourth-order valence-electron chi connectivity index (χ4n) is 2.93. The van der Waals surface area contributed by atoms with E-state index in [1.54, 1.807) is 66.3 Å². The van der Waals surface area contributed by atoms with Gasteiger partial charge in [0.15, 0.2) is 0 Å². The van der Waals surface area contributed by atoms with Gasteiger partial charge in [-0.25, -0.2) is 9.37 Å². The van der Waals surface area contributed by atoms with Gasteiger partial charge < -0.3 is 4.52 Å². The highest BCUT2D eigenvalue weighted by Gasteiger charge is 2.30. The lowest BCUT2D eigenvalue weighted by Gasteiger charge is -2.21. The summed E-state index contributed by atoms with van der Waals surface area (Å²) in [5.41, 5.74) is 8.62. The molecule has 0 amide bonds. The Bertz CT molecular complexity index is 1180. The smallest absolute Gasteiger partial charge is 0.278 e. The summed E-state index contributed by atoms with van der Waals surface area (Å²) in [5.74, 6) is 0.116. The number of nitrogens with one attached hydrogen (secondary N) is 2. The fourth-order valence-corrected chi connectivity index (χ4v) is 2.93. The van der Waals surface area contributed by atoms with Crippen LogP contribution in [0.4, 0.5) is 10.1 Å². The molecule has 142 valence electrons. The van der Waals surface area contributed by atoms with Gasteiger partial charge in [0.05, 0.1) is 17.6 Å². The van der Waals surface area contributed by atoms with Crippen molar-refractivity contribution in [1.29, 1.82) is 0 Å². The second-order valence-electron chi connectivity index (χ2n) is 6.00. The molecule has 0 fully saturated rings. The van der Waals surface area contributed by atoms with Crippen LogP contribution in [0.5, 0.6) is 0 Å². The number of anilines is 1. The summed E-state index contributed by atoms with van der Waals surface area (Å²) < 4.78 is 19.9. The quantitative estimate of drug-likeness (QED) is 0.545. The molecule has 9 nitrogen and oxygen atoms in total.